The van der Waals surface area contributed by atoms with E-state index >= 15 is 0 Å². The number of carbonyl (C=O) groups excluding carboxylic acids is 1. The molecule has 0 spiro atoms. The van der Waals surface area contributed by atoms with Crippen molar-refractivity contribution in [2.45, 2.75) is 24.3 Å². The molecule has 0 bridgehead atoms. The van der Waals surface area contributed by atoms with E-state index in [-0.39, 0.29) is 5.91 Å². The van der Waals surface area contributed by atoms with Crippen molar-refractivity contribution in [2.24, 2.45) is 0 Å². The maximum atomic E-state index is 13.1. The van der Waals surface area contributed by atoms with Crippen molar-refractivity contribution in [1.82, 2.24) is 4.57 Å². The normalized spacial score (nSPS) is 13.4. The van der Waals surface area contributed by atoms with Crippen LogP contribution in [0.5, 0.6) is 0 Å². The molecule has 0 fully saturated rings. The maximum Gasteiger partial charge on any atom is 0.237 e. The highest BCUT2D eigenvalue weighted by molar-refractivity contribution is 8.00. The van der Waals surface area contributed by atoms with E-state index in [1.165, 1.54) is 26.9 Å². The van der Waals surface area contributed by atoms with Gasteiger partial charge in [-0.25, -0.2) is 0 Å². The SMILES string of the molecule is O=C(CSc1cn(Cc2ccccc2)c2ccccc12)N1CCCc2ccccc21. The topological polar surface area (TPSA) is 25.2 Å². The molecule has 0 atom stereocenters. The van der Waals surface area contributed by atoms with E-state index in [1.54, 1.807) is 11.8 Å². The van der Waals surface area contributed by atoms with Crippen LogP contribution in [0.2, 0.25) is 0 Å². The van der Waals surface area contributed by atoms with Gasteiger partial charge in [-0.3, -0.25) is 4.79 Å². The van der Waals surface area contributed by atoms with Gasteiger partial charge in [0.15, 0.2) is 0 Å². The number of rotatable bonds is 5. The Balaban J connectivity index is 1.37. The largest absolute Gasteiger partial charge is 0.342 e. The van der Waals surface area contributed by atoms with Gasteiger partial charge in [0, 0.05) is 40.8 Å². The molecule has 4 heteroatoms. The van der Waals surface area contributed by atoms with Crippen LogP contribution in [0, 0.1) is 0 Å². The average Bonchev–Trinajstić information content (AvgIpc) is 3.15. The number of hydrogen-bond acceptors (Lipinski definition) is 2. The van der Waals surface area contributed by atoms with Crippen molar-refractivity contribution in [3.05, 3.63) is 96.2 Å². The lowest BCUT2D eigenvalue weighted by Gasteiger charge is -2.29. The second-order valence-corrected chi connectivity index (χ2v) is 8.71. The predicted octanol–water partition coefficient (Wildman–Crippen LogP) is 5.76. The summed E-state index contributed by atoms with van der Waals surface area (Å²) in [4.78, 5) is 16.2. The van der Waals surface area contributed by atoms with Crippen molar-refractivity contribution in [3.63, 3.8) is 0 Å². The second kappa shape index (κ2) is 8.41. The molecule has 1 amide bonds. The summed E-state index contributed by atoms with van der Waals surface area (Å²) in [5.74, 6) is 0.639. The summed E-state index contributed by atoms with van der Waals surface area (Å²) in [7, 11) is 0. The monoisotopic (exact) mass is 412 g/mol. The molecule has 3 nitrogen and oxygen atoms in total. The van der Waals surface area contributed by atoms with Gasteiger partial charge in [-0.2, -0.15) is 0 Å². The average molecular weight is 413 g/mol. The minimum absolute atomic E-state index is 0.187. The first-order valence-corrected chi connectivity index (χ1v) is 11.4. The van der Waals surface area contributed by atoms with Crippen LogP contribution in [0.15, 0.2) is 90.0 Å². The maximum absolute atomic E-state index is 13.1. The molecule has 1 aromatic heterocycles. The third kappa shape index (κ3) is 3.75. The van der Waals surface area contributed by atoms with Gasteiger partial charge in [0.05, 0.1) is 5.75 Å². The Kier molecular flexibility index (Phi) is 5.33. The molecule has 5 rings (SSSR count). The molecule has 1 aliphatic heterocycles. The zero-order valence-electron chi connectivity index (χ0n) is 16.8. The fourth-order valence-corrected chi connectivity index (χ4v) is 5.21. The molecule has 2 heterocycles. The first kappa shape index (κ1) is 19.0. The number of para-hydroxylation sites is 2. The highest BCUT2D eigenvalue weighted by Gasteiger charge is 2.22. The molecule has 0 saturated heterocycles. The van der Waals surface area contributed by atoms with E-state index in [1.807, 2.05) is 17.0 Å². The molecular weight excluding hydrogens is 388 g/mol. The number of hydrogen-bond donors (Lipinski definition) is 0. The van der Waals surface area contributed by atoms with Gasteiger partial charge in [0.25, 0.3) is 0 Å². The van der Waals surface area contributed by atoms with E-state index in [0.717, 1.165) is 31.6 Å². The van der Waals surface area contributed by atoms with Gasteiger partial charge in [-0.15, -0.1) is 11.8 Å². The summed E-state index contributed by atoms with van der Waals surface area (Å²) < 4.78 is 2.29. The Bertz CT molecular complexity index is 1180. The van der Waals surface area contributed by atoms with E-state index in [2.05, 4.69) is 77.5 Å². The molecule has 0 radical (unpaired) electrons. The van der Waals surface area contributed by atoms with Crippen molar-refractivity contribution in [2.75, 3.05) is 17.2 Å². The number of aryl methyl sites for hydroxylation is 1. The number of aromatic nitrogens is 1. The summed E-state index contributed by atoms with van der Waals surface area (Å²) >= 11 is 1.65. The first-order chi connectivity index (χ1) is 14.8. The fraction of sp³-hybridized carbons (Fsp3) is 0.192. The molecule has 30 heavy (non-hydrogen) atoms. The molecule has 3 aromatic carbocycles. The zero-order valence-corrected chi connectivity index (χ0v) is 17.6. The summed E-state index contributed by atoms with van der Waals surface area (Å²) in [6, 6.07) is 27.2. The molecule has 4 aromatic rings. The summed E-state index contributed by atoms with van der Waals surface area (Å²) in [6.45, 7) is 1.64. The van der Waals surface area contributed by atoms with Crippen molar-refractivity contribution in [3.8, 4) is 0 Å². The van der Waals surface area contributed by atoms with Gasteiger partial charge in [-0.05, 0) is 36.1 Å². The minimum atomic E-state index is 0.187. The lowest BCUT2D eigenvalue weighted by molar-refractivity contribution is -0.116. The van der Waals surface area contributed by atoms with Crippen molar-refractivity contribution in [1.29, 1.82) is 0 Å². The smallest absolute Gasteiger partial charge is 0.237 e. The molecule has 0 N–H and O–H groups in total. The molecule has 150 valence electrons. The first-order valence-electron chi connectivity index (χ1n) is 10.4. The van der Waals surface area contributed by atoms with Gasteiger partial charge in [0.1, 0.15) is 0 Å². The number of benzene rings is 3. The van der Waals surface area contributed by atoms with Crippen molar-refractivity contribution >= 4 is 34.3 Å². The van der Waals surface area contributed by atoms with E-state index in [9.17, 15) is 4.79 Å². The van der Waals surface area contributed by atoms with E-state index in [4.69, 9.17) is 0 Å². The van der Waals surface area contributed by atoms with Crippen LogP contribution in [0.3, 0.4) is 0 Å². The zero-order chi connectivity index (χ0) is 20.3. The Hall–Kier alpha value is -2.98. The number of anilines is 1. The molecule has 1 aliphatic rings. The van der Waals surface area contributed by atoms with Crippen LogP contribution in [0.4, 0.5) is 5.69 Å². The fourth-order valence-electron chi connectivity index (χ4n) is 4.25. The summed E-state index contributed by atoms with van der Waals surface area (Å²) in [5, 5.41) is 1.21. The summed E-state index contributed by atoms with van der Waals surface area (Å²) in [5.41, 5.74) is 4.85. The Morgan fingerprint density at radius 2 is 1.67 bits per heavy atom. The molecule has 0 aliphatic carbocycles. The van der Waals surface area contributed by atoms with Gasteiger partial charge in [0.2, 0.25) is 5.91 Å². The van der Waals surface area contributed by atoms with Crippen LogP contribution in [-0.4, -0.2) is 22.8 Å². The van der Waals surface area contributed by atoms with Crippen LogP contribution >= 0.6 is 11.8 Å². The predicted molar refractivity (Wildman–Crippen MR) is 125 cm³/mol. The van der Waals surface area contributed by atoms with Gasteiger partial charge < -0.3 is 9.47 Å². The standard InChI is InChI=1S/C26H24N2OS/c29-26(28-16-8-12-21-11-4-6-14-23(21)28)19-30-25-18-27(17-20-9-2-1-3-10-20)24-15-7-5-13-22(24)25/h1-7,9-11,13-15,18H,8,12,16-17,19H2. The molecular formula is C26H24N2OS. The van der Waals surface area contributed by atoms with Crippen LogP contribution < -0.4 is 4.90 Å². The van der Waals surface area contributed by atoms with Gasteiger partial charge >= 0.3 is 0 Å². The number of carbonyl (C=O) groups is 1. The van der Waals surface area contributed by atoms with Crippen LogP contribution in [0.25, 0.3) is 10.9 Å². The lowest BCUT2D eigenvalue weighted by atomic mass is 10.0. The Morgan fingerprint density at radius 3 is 2.57 bits per heavy atom. The second-order valence-electron chi connectivity index (χ2n) is 7.69. The van der Waals surface area contributed by atoms with E-state index < -0.39 is 0 Å². The third-order valence-corrected chi connectivity index (χ3v) is 6.74. The number of nitrogens with zero attached hydrogens (tertiary/aromatic N) is 2. The third-order valence-electron chi connectivity index (χ3n) is 5.71. The van der Waals surface area contributed by atoms with Crippen LogP contribution in [-0.2, 0) is 17.8 Å². The Labute approximate surface area is 181 Å². The number of fused-ring (bicyclic) bond motifs is 2. The lowest BCUT2D eigenvalue weighted by Crippen LogP contribution is -2.36. The number of thioether (sulfide) groups is 1. The Morgan fingerprint density at radius 1 is 0.900 bits per heavy atom. The van der Waals surface area contributed by atoms with Crippen molar-refractivity contribution < 1.29 is 4.79 Å². The number of amides is 1. The van der Waals surface area contributed by atoms with Gasteiger partial charge in [-0.1, -0.05) is 66.7 Å². The van der Waals surface area contributed by atoms with E-state index in [0.29, 0.717) is 5.75 Å². The summed E-state index contributed by atoms with van der Waals surface area (Å²) in [6.07, 6.45) is 4.28. The molecule has 0 saturated carbocycles. The minimum Gasteiger partial charge on any atom is -0.342 e. The van der Waals surface area contributed by atoms with Crippen LogP contribution in [0.1, 0.15) is 17.5 Å². The quantitative estimate of drug-likeness (QED) is 0.389. The molecule has 0 unspecified atom stereocenters. The highest BCUT2D eigenvalue weighted by Crippen LogP contribution is 2.32. The highest BCUT2D eigenvalue weighted by atomic mass is 32.2.